The third kappa shape index (κ3) is 4.56. The molecule has 1 aromatic rings. The lowest BCUT2D eigenvalue weighted by Crippen LogP contribution is -2.31. The van der Waals surface area contributed by atoms with E-state index in [1.54, 1.807) is 13.8 Å². The van der Waals surface area contributed by atoms with Crippen LogP contribution in [0, 0.1) is 25.7 Å². The normalized spacial score (nSPS) is 13.9. The number of hydrogen-bond donors (Lipinski definition) is 2. The topological polar surface area (TPSA) is 71.3 Å². The van der Waals surface area contributed by atoms with Crippen LogP contribution >= 0.6 is 0 Å². The highest BCUT2D eigenvalue weighted by atomic mass is 32.2. The van der Waals surface area contributed by atoms with Gasteiger partial charge in [-0.1, -0.05) is 27.7 Å². The molecule has 0 spiro atoms. The number of hydrogen-bond acceptors (Lipinski definition) is 4. The molecule has 1 aromatic heterocycles. The number of furan rings is 1. The van der Waals surface area contributed by atoms with Gasteiger partial charge >= 0.3 is 0 Å². The van der Waals surface area contributed by atoms with E-state index in [0.29, 0.717) is 30.5 Å². The molecule has 0 aliphatic rings. The van der Waals surface area contributed by atoms with Crippen molar-refractivity contribution in [2.75, 3.05) is 13.1 Å². The van der Waals surface area contributed by atoms with Gasteiger partial charge in [-0.05, 0) is 32.2 Å². The number of sulfonamides is 1. The summed E-state index contributed by atoms with van der Waals surface area (Å²) in [7, 11) is -3.54. The van der Waals surface area contributed by atoms with Crippen molar-refractivity contribution in [2.45, 2.75) is 53.0 Å². The first-order valence-corrected chi connectivity index (χ1v) is 8.98. The largest absolute Gasteiger partial charge is 0.465 e. The second-order valence-corrected chi connectivity index (χ2v) is 7.58. The van der Waals surface area contributed by atoms with E-state index < -0.39 is 10.0 Å². The predicted molar refractivity (Wildman–Crippen MR) is 84.8 cm³/mol. The van der Waals surface area contributed by atoms with Crippen LogP contribution in [0.3, 0.4) is 0 Å². The Bertz CT molecular complexity index is 562. The first-order valence-electron chi connectivity index (χ1n) is 7.49. The lowest BCUT2D eigenvalue weighted by atomic mass is 9.99. The molecule has 0 aliphatic carbocycles. The van der Waals surface area contributed by atoms with Crippen LogP contribution in [0.1, 0.15) is 44.8 Å². The van der Waals surface area contributed by atoms with Crippen molar-refractivity contribution >= 4 is 10.0 Å². The third-order valence-corrected chi connectivity index (χ3v) is 5.50. The van der Waals surface area contributed by atoms with Crippen LogP contribution in [0.25, 0.3) is 0 Å². The molecule has 21 heavy (non-hydrogen) atoms. The van der Waals surface area contributed by atoms with Crippen molar-refractivity contribution in [3.8, 4) is 0 Å². The van der Waals surface area contributed by atoms with Crippen LogP contribution < -0.4 is 10.0 Å². The summed E-state index contributed by atoms with van der Waals surface area (Å²) in [4.78, 5) is 0.289. The number of nitrogens with one attached hydrogen (secondary N) is 2. The summed E-state index contributed by atoms with van der Waals surface area (Å²) in [5, 5.41) is 3.16. The third-order valence-electron chi connectivity index (χ3n) is 3.88. The standard InChI is InChI=1S/C15H28N2O3S/c1-7-16-9-14-12(5)20-13(6)15(14)21(18,19)17-8-11(4)10(2)3/h10-11,16-17H,7-9H2,1-6H3. The Hall–Kier alpha value is -0.850. The number of aryl methyl sites for hydroxylation is 2. The van der Waals surface area contributed by atoms with Gasteiger partial charge in [-0.3, -0.25) is 0 Å². The Balaban J connectivity index is 3.02. The molecule has 5 nitrogen and oxygen atoms in total. The van der Waals surface area contributed by atoms with Crippen molar-refractivity contribution in [2.24, 2.45) is 11.8 Å². The van der Waals surface area contributed by atoms with Crippen LogP contribution in [0.2, 0.25) is 0 Å². The van der Waals surface area contributed by atoms with E-state index in [4.69, 9.17) is 4.42 Å². The van der Waals surface area contributed by atoms with Gasteiger partial charge in [0.2, 0.25) is 10.0 Å². The summed E-state index contributed by atoms with van der Waals surface area (Å²) in [5.41, 5.74) is 0.721. The highest BCUT2D eigenvalue weighted by molar-refractivity contribution is 7.89. The smallest absolute Gasteiger partial charge is 0.244 e. The molecule has 122 valence electrons. The lowest BCUT2D eigenvalue weighted by Gasteiger charge is -2.16. The molecule has 0 aliphatic heterocycles. The van der Waals surface area contributed by atoms with Crippen LogP contribution in [0.4, 0.5) is 0 Å². The highest BCUT2D eigenvalue weighted by Crippen LogP contribution is 2.26. The van der Waals surface area contributed by atoms with E-state index in [1.165, 1.54) is 0 Å². The molecular formula is C15H28N2O3S. The van der Waals surface area contributed by atoms with Crippen LogP contribution in [0.15, 0.2) is 9.31 Å². The fraction of sp³-hybridized carbons (Fsp3) is 0.733. The van der Waals surface area contributed by atoms with E-state index in [1.807, 2.05) is 13.8 Å². The Kier molecular flexibility index (Phi) is 6.43. The van der Waals surface area contributed by atoms with Crippen LogP contribution in [0.5, 0.6) is 0 Å². The Morgan fingerprint density at radius 2 is 1.76 bits per heavy atom. The molecule has 1 atom stereocenters. The number of rotatable bonds is 8. The molecule has 6 heteroatoms. The minimum atomic E-state index is -3.54. The van der Waals surface area contributed by atoms with Crippen LogP contribution in [-0.2, 0) is 16.6 Å². The molecule has 0 bridgehead atoms. The van der Waals surface area contributed by atoms with Crippen molar-refractivity contribution < 1.29 is 12.8 Å². The summed E-state index contributed by atoms with van der Waals surface area (Å²) < 4.78 is 33.4. The van der Waals surface area contributed by atoms with Gasteiger partial charge in [-0.25, -0.2) is 13.1 Å². The average molecular weight is 316 g/mol. The maximum absolute atomic E-state index is 12.6. The summed E-state index contributed by atoms with van der Waals surface area (Å²) in [6.45, 7) is 13.4. The summed E-state index contributed by atoms with van der Waals surface area (Å²) >= 11 is 0. The second-order valence-electron chi connectivity index (χ2n) is 5.88. The van der Waals surface area contributed by atoms with Gasteiger partial charge in [-0.2, -0.15) is 0 Å². The fourth-order valence-corrected chi connectivity index (χ4v) is 3.65. The zero-order valence-electron chi connectivity index (χ0n) is 13.9. The summed E-state index contributed by atoms with van der Waals surface area (Å²) in [5.74, 6) is 1.82. The van der Waals surface area contributed by atoms with E-state index in [2.05, 4.69) is 23.9 Å². The first-order chi connectivity index (χ1) is 9.70. The minimum absolute atomic E-state index is 0.283. The molecule has 2 N–H and O–H groups in total. The summed E-state index contributed by atoms with van der Waals surface area (Å²) in [6, 6.07) is 0. The maximum Gasteiger partial charge on any atom is 0.244 e. The van der Waals surface area contributed by atoms with Crippen molar-refractivity contribution in [3.05, 3.63) is 17.1 Å². The second kappa shape index (κ2) is 7.42. The Morgan fingerprint density at radius 1 is 1.14 bits per heavy atom. The zero-order chi connectivity index (χ0) is 16.2. The van der Waals surface area contributed by atoms with Crippen LogP contribution in [-0.4, -0.2) is 21.5 Å². The molecule has 0 fully saturated rings. The van der Waals surface area contributed by atoms with E-state index in [-0.39, 0.29) is 10.8 Å². The predicted octanol–water partition coefficient (Wildman–Crippen LogP) is 2.58. The quantitative estimate of drug-likeness (QED) is 0.773. The fourth-order valence-electron chi connectivity index (χ4n) is 2.07. The van der Waals surface area contributed by atoms with Gasteiger partial charge in [0.05, 0.1) is 0 Å². The molecule has 0 amide bonds. The van der Waals surface area contributed by atoms with Gasteiger partial charge in [0.25, 0.3) is 0 Å². The lowest BCUT2D eigenvalue weighted by molar-refractivity contribution is 0.414. The SMILES string of the molecule is CCNCc1c(C)oc(C)c1S(=O)(=O)NCC(C)C(C)C. The van der Waals surface area contributed by atoms with E-state index in [9.17, 15) is 8.42 Å². The monoisotopic (exact) mass is 316 g/mol. The van der Waals surface area contributed by atoms with Crippen molar-refractivity contribution in [1.29, 1.82) is 0 Å². The van der Waals surface area contributed by atoms with E-state index in [0.717, 1.165) is 12.1 Å². The first kappa shape index (κ1) is 18.2. The molecular weight excluding hydrogens is 288 g/mol. The minimum Gasteiger partial charge on any atom is -0.465 e. The summed E-state index contributed by atoms with van der Waals surface area (Å²) in [6.07, 6.45) is 0. The van der Waals surface area contributed by atoms with Gasteiger partial charge in [0, 0.05) is 18.7 Å². The molecule has 0 saturated carbocycles. The Morgan fingerprint density at radius 3 is 2.29 bits per heavy atom. The van der Waals surface area contributed by atoms with Crippen molar-refractivity contribution in [3.63, 3.8) is 0 Å². The molecule has 0 saturated heterocycles. The Labute approximate surface area is 128 Å². The van der Waals surface area contributed by atoms with Gasteiger partial charge in [0.1, 0.15) is 16.4 Å². The molecule has 0 aromatic carbocycles. The van der Waals surface area contributed by atoms with E-state index >= 15 is 0 Å². The van der Waals surface area contributed by atoms with Gasteiger partial charge < -0.3 is 9.73 Å². The van der Waals surface area contributed by atoms with Gasteiger partial charge in [-0.15, -0.1) is 0 Å². The van der Waals surface area contributed by atoms with Gasteiger partial charge in [0.15, 0.2) is 0 Å². The molecule has 1 unspecified atom stereocenters. The molecule has 1 heterocycles. The highest BCUT2D eigenvalue weighted by Gasteiger charge is 2.27. The maximum atomic E-state index is 12.6. The van der Waals surface area contributed by atoms with Crippen molar-refractivity contribution in [1.82, 2.24) is 10.0 Å². The average Bonchev–Trinajstić information content (AvgIpc) is 2.68. The molecule has 1 rings (SSSR count). The zero-order valence-corrected chi connectivity index (χ0v) is 14.7. The molecule has 0 radical (unpaired) electrons.